The van der Waals surface area contributed by atoms with Crippen LogP contribution in [0.5, 0.6) is 0 Å². The van der Waals surface area contributed by atoms with Gasteiger partial charge in [0.05, 0.1) is 9.92 Å². The third kappa shape index (κ3) is 4.45. The topological polar surface area (TPSA) is 46.2 Å². The Morgan fingerprint density at radius 3 is 2.30 bits per heavy atom. The van der Waals surface area contributed by atoms with Gasteiger partial charge in [0.1, 0.15) is 0 Å². The van der Waals surface area contributed by atoms with Gasteiger partial charge in [-0.1, -0.05) is 43.7 Å². The Kier molecular flexibility index (Phi) is 5.90. The lowest BCUT2D eigenvalue weighted by Crippen LogP contribution is -2.35. The number of nitrogens with one attached hydrogen (secondary N) is 1. The van der Waals surface area contributed by atoms with E-state index in [1.54, 1.807) is 18.2 Å². The lowest BCUT2D eigenvalue weighted by atomic mass is 9.97. The first-order valence-electron chi connectivity index (χ1n) is 6.96. The van der Waals surface area contributed by atoms with Crippen LogP contribution in [-0.4, -0.2) is 14.5 Å². The molecule has 112 valence electrons. The van der Waals surface area contributed by atoms with Gasteiger partial charge in [0, 0.05) is 10.5 Å². The molecule has 1 aliphatic carbocycles. The van der Waals surface area contributed by atoms with E-state index < -0.39 is 10.0 Å². The van der Waals surface area contributed by atoms with Gasteiger partial charge >= 0.3 is 0 Å². The monoisotopic (exact) mass is 379 g/mol. The third-order valence-corrected chi connectivity index (χ3v) is 6.36. The van der Waals surface area contributed by atoms with Crippen LogP contribution in [0, 0.1) is 0 Å². The van der Waals surface area contributed by atoms with Crippen molar-refractivity contribution in [3.8, 4) is 0 Å². The SMILES string of the molecule is O=S(=O)(NC1CCCCCCC1)c1ccc(Cl)c(Br)c1. The van der Waals surface area contributed by atoms with Crippen molar-refractivity contribution in [3.63, 3.8) is 0 Å². The van der Waals surface area contributed by atoms with E-state index in [2.05, 4.69) is 20.7 Å². The van der Waals surface area contributed by atoms with Crippen LogP contribution in [0.3, 0.4) is 0 Å². The van der Waals surface area contributed by atoms with E-state index in [1.807, 2.05) is 0 Å². The third-order valence-electron chi connectivity index (χ3n) is 3.63. The zero-order chi connectivity index (χ0) is 14.6. The minimum absolute atomic E-state index is 0.0507. The molecule has 0 aromatic heterocycles. The fourth-order valence-electron chi connectivity index (χ4n) is 2.51. The van der Waals surface area contributed by atoms with Gasteiger partial charge in [-0.25, -0.2) is 13.1 Å². The molecule has 0 saturated heterocycles. The molecule has 1 aromatic rings. The van der Waals surface area contributed by atoms with Crippen LogP contribution in [0.2, 0.25) is 5.02 Å². The number of sulfonamides is 1. The van der Waals surface area contributed by atoms with Gasteiger partial charge in [-0.05, 0) is 47.0 Å². The molecular formula is C14H19BrClNO2S. The smallest absolute Gasteiger partial charge is 0.208 e. The second kappa shape index (κ2) is 7.25. The van der Waals surface area contributed by atoms with E-state index in [4.69, 9.17) is 11.6 Å². The van der Waals surface area contributed by atoms with Gasteiger partial charge in [0.25, 0.3) is 0 Å². The van der Waals surface area contributed by atoms with E-state index in [9.17, 15) is 8.42 Å². The normalized spacial score (nSPS) is 18.5. The van der Waals surface area contributed by atoms with Crippen molar-refractivity contribution in [2.24, 2.45) is 0 Å². The first kappa shape index (κ1) is 16.3. The summed E-state index contributed by atoms with van der Waals surface area (Å²) in [5, 5.41) is 0.509. The lowest BCUT2D eigenvalue weighted by Gasteiger charge is -2.21. The summed E-state index contributed by atoms with van der Waals surface area (Å²) in [6.07, 6.45) is 7.70. The molecule has 2 rings (SSSR count). The molecule has 0 bridgehead atoms. The van der Waals surface area contributed by atoms with Crippen molar-refractivity contribution in [3.05, 3.63) is 27.7 Å². The van der Waals surface area contributed by atoms with Crippen LogP contribution in [0.4, 0.5) is 0 Å². The molecule has 0 heterocycles. The summed E-state index contributed by atoms with van der Waals surface area (Å²) >= 11 is 9.16. The first-order chi connectivity index (χ1) is 9.49. The summed E-state index contributed by atoms with van der Waals surface area (Å²) in [5.74, 6) is 0. The molecule has 1 aliphatic rings. The Bertz CT molecular complexity index is 554. The predicted molar refractivity (Wildman–Crippen MR) is 85.6 cm³/mol. The van der Waals surface area contributed by atoms with Crippen molar-refractivity contribution in [2.45, 2.75) is 55.9 Å². The minimum atomic E-state index is -3.47. The average molecular weight is 381 g/mol. The first-order valence-corrected chi connectivity index (χ1v) is 9.62. The van der Waals surface area contributed by atoms with E-state index >= 15 is 0 Å². The highest BCUT2D eigenvalue weighted by molar-refractivity contribution is 9.10. The van der Waals surface area contributed by atoms with Crippen LogP contribution in [-0.2, 0) is 10.0 Å². The summed E-state index contributed by atoms with van der Waals surface area (Å²) in [4.78, 5) is 0.260. The molecule has 20 heavy (non-hydrogen) atoms. The highest BCUT2D eigenvalue weighted by Crippen LogP contribution is 2.26. The zero-order valence-corrected chi connectivity index (χ0v) is 14.4. The standard InChI is InChI=1S/C14H19BrClNO2S/c15-13-10-12(8-9-14(13)16)20(18,19)17-11-6-4-2-1-3-5-7-11/h8-11,17H,1-7H2. The highest BCUT2D eigenvalue weighted by atomic mass is 79.9. The molecule has 1 aromatic carbocycles. The largest absolute Gasteiger partial charge is 0.240 e. The fraction of sp³-hybridized carbons (Fsp3) is 0.571. The number of hydrogen-bond acceptors (Lipinski definition) is 2. The molecule has 0 atom stereocenters. The minimum Gasteiger partial charge on any atom is -0.208 e. The van der Waals surface area contributed by atoms with E-state index in [0.717, 1.165) is 25.7 Å². The molecule has 0 amide bonds. The summed E-state index contributed by atoms with van der Waals surface area (Å²) in [5.41, 5.74) is 0. The van der Waals surface area contributed by atoms with Crippen LogP contribution in [0.25, 0.3) is 0 Å². The Labute approximate surface area is 134 Å². The van der Waals surface area contributed by atoms with Crippen molar-refractivity contribution < 1.29 is 8.42 Å². The quantitative estimate of drug-likeness (QED) is 0.839. The summed E-state index contributed by atoms with van der Waals surface area (Å²) in [6.45, 7) is 0. The average Bonchev–Trinajstić information content (AvgIpc) is 2.35. The molecule has 1 saturated carbocycles. The molecule has 0 spiro atoms. The van der Waals surface area contributed by atoms with Crippen molar-refractivity contribution in [1.29, 1.82) is 0 Å². The Morgan fingerprint density at radius 1 is 1.10 bits per heavy atom. The van der Waals surface area contributed by atoms with Crippen LogP contribution >= 0.6 is 27.5 Å². The maximum atomic E-state index is 12.4. The Morgan fingerprint density at radius 2 is 1.70 bits per heavy atom. The summed E-state index contributed by atoms with van der Waals surface area (Å²) in [7, 11) is -3.47. The van der Waals surface area contributed by atoms with Crippen LogP contribution < -0.4 is 4.72 Å². The highest BCUT2D eigenvalue weighted by Gasteiger charge is 2.21. The van der Waals surface area contributed by atoms with Gasteiger partial charge in [-0.3, -0.25) is 0 Å². The molecule has 6 heteroatoms. The second-order valence-electron chi connectivity index (χ2n) is 5.24. The summed E-state index contributed by atoms with van der Waals surface area (Å²) < 4.78 is 28.2. The maximum Gasteiger partial charge on any atom is 0.240 e. The van der Waals surface area contributed by atoms with Crippen molar-refractivity contribution in [1.82, 2.24) is 4.72 Å². The zero-order valence-electron chi connectivity index (χ0n) is 11.2. The van der Waals surface area contributed by atoms with Crippen LogP contribution in [0.15, 0.2) is 27.6 Å². The second-order valence-corrected chi connectivity index (χ2v) is 8.21. The molecule has 0 radical (unpaired) electrons. The molecule has 3 nitrogen and oxygen atoms in total. The fourth-order valence-corrected chi connectivity index (χ4v) is 4.48. The molecular weight excluding hydrogens is 362 g/mol. The van der Waals surface area contributed by atoms with Crippen molar-refractivity contribution in [2.75, 3.05) is 0 Å². The number of hydrogen-bond donors (Lipinski definition) is 1. The number of benzene rings is 1. The van der Waals surface area contributed by atoms with Gasteiger partial charge < -0.3 is 0 Å². The Hall–Kier alpha value is -0.100. The molecule has 1 N–H and O–H groups in total. The predicted octanol–water partition coefficient (Wildman–Crippen LogP) is 4.49. The lowest BCUT2D eigenvalue weighted by molar-refractivity contribution is 0.426. The Balaban J connectivity index is 2.10. The molecule has 0 aliphatic heterocycles. The van der Waals surface area contributed by atoms with E-state index in [-0.39, 0.29) is 10.9 Å². The number of rotatable bonds is 3. The van der Waals surface area contributed by atoms with E-state index in [0.29, 0.717) is 9.50 Å². The molecule has 1 fully saturated rings. The van der Waals surface area contributed by atoms with Gasteiger partial charge in [0.2, 0.25) is 10.0 Å². The summed E-state index contributed by atoms with van der Waals surface area (Å²) in [6, 6.07) is 4.74. The number of halogens is 2. The van der Waals surface area contributed by atoms with Gasteiger partial charge in [-0.15, -0.1) is 0 Å². The van der Waals surface area contributed by atoms with Gasteiger partial charge in [-0.2, -0.15) is 0 Å². The molecule has 0 unspecified atom stereocenters. The van der Waals surface area contributed by atoms with Gasteiger partial charge in [0.15, 0.2) is 0 Å². The van der Waals surface area contributed by atoms with E-state index in [1.165, 1.54) is 19.3 Å². The van der Waals surface area contributed by atoms with Crippen molar-refractivity contribution >= 4 is 37.6 Å². The van der Waals surface area contributed by atoms with Crippen LogP contribution in [0.1, 0.15) is 44.9 Å². The maximum absolute atomic E-state index is 12.4.